The Labute approximate surface area is 303 Å². The molecule has 0 amide bonds. The molecular weight excluding hydrogens is 617 g/mol. The normalized spacial score (nSPS) is 21.2. The molecule has 51 heavy (non-hydrogen) atoms. The summed E-state index contributed by atoms with van der Waals surface area (Å²) in [6, 6.07) is 40.1. The molecule has 1 heterocycles. The summed E-state index contributed by atoms with van der Waals surface area (Å²) in [7, 11) is 0. The van der Waals surface area contributed by atoms with Crippen LogP contribution in [0.4, 0.5) is 0 Å². The first-order valence-corrected chi connectivity index (χ1v) is 18.7. The Morgan fingerprint density at radius 3 is 2.04 bits per heavy atom. The largest absolute Gasteiger partial charge is 0.228 e. The molecule has 2 heteroatoms. The number of benzene rings is 5. The SMILES string of the molecule is Cc1c(-c2ccccc2)nc(-c2cccc(C3Cc4cc5c(cc4C4C=CC=CC43)C(C)(C)CCC5(C)C)c2)nc1-c1ccc2ccccc2c1. The molecule has 6 aromatic rings. The second-order valence-corrected chi connectivity index (χ2v) is 16.5. The number of nitrogens with zero attached hydrogens (tertiary/aromatic N) is 2. The maximum atomic E-state index is 5.35. The molecule has 0 fully saturated rings. The molecule has 0 aliphatic heterocycles. The summed E-state index contributed by atoms with van der Waals surface area (Å²) in [5, 5.41) is 2.45. The van der Waals surface area contributed by atoms with E-state index < -0.39 is 0 Å². The van der Waals surface area contributed by atoms with Gasteiger partial charge in [0.2, 0.25) is 0 Å². The minimum atomic E-state index is 0.191. The smallest absolute Gasteiger partial charge is 0.160 e. The molecule has 3 aliphatic carbocycles. The average Bonchev–Trinajstić information content (AvgIpc) is 3.16. The quantitative estimate of drug-likeness (QED) is 0.188. The van der Waals surface area contributed by atoms with Gasteiger partial charge in [0.15, 0.2) is 5.82 Å². The predicted octanol–water partition coefficient (Wildman–Crippen LogP) is 12.5. The summed E-state index contributed by atoms with van der Waals surface area (Å²) in [6.45, 7) is 11.9. The lowest BCUT2D eigenvalue weighted by Crippen LogP contribution is -2.36. The molecule has 3 unspecified atom stereocenters. The number of allylic oxidation sites excluding steroid dienone is 4. The van der Waals surface area contributed by atoms with Gasteiger partial charge >= 0.3 is 0 Å². The Kier molecular flexibility index (Phi) is 7.51. The number of aromatic nitrogens is 2. The fourth-order valence-electron chi connectivity index (χ4n) is 9.24. The summed E-state index contributed by atoms with van der Waals surface area (Å²) in [6.07, 6.45) is 13.0. The van der Waals surface area contributed by atoms with E-state index in [1.54, 1.807) is 11.1 Å². The van der Waals surface area contributed by atoms with Crippen LogP contribution in [-0.2, 0) is 17.3 Å². The molecule has 0 radical (unpaired) electrons. The summed E-state index contributed by atoms with van der Waals surface area (Å²) in [5.41, 5.74) is 14.3. The second kappa shape index (κ2) is 12.0. The van der Waals surface area contributed by atoms with Crippen LogP contribution >= 0.6 is 0 Å². The van der Waals surface area contributed by atoms with Crippen molar-refractivity contribution in [1.29, 1.82) is 0 Å². The molecule has 3 aliphatic rings. The standard InChI is InChI=1S/C49H46N2/c1-31-45(33-15-7-6-8-16-33)50-47(51-46(31)36-23-22-32-14-9-10-17-34(32)26-36)37-19-13-18-35(27-37)41-28-38-29-43-44(49(4,5)25-24-48(43,2)3)30-42(38)40-21-12-11-20-39(40)41/h6-23,26-27,29-30,39-41H,24-25,28H2,1-5H3. The van der Waals surface area contributed by atoms with E-state index in [-0.39, 0.29) is 10.8 Å². The van der Waals surface area contributed by atoms with Crippen LogP contribution in [0, 0.1) is 12.8 Å². The highest BCUT2D eigenvalue weighted by Crippen LogP contribution is 2.53. The molecule has 252 valence electrons. The number of hydrogen-bond acceptors (Lipinski definition) is 2. The van der Waals surface area contributed by atoms with Gasteiger partial charge in [-0.1, -0.05) is 149 Å². The van der Waals surface area contributed by atoms with Crippen LogP contribution in [0.3, 0.4) is 0 Å². The zero-order valence-corrected chi connectivity index (χ0v) is 30.4. The first kappa shape index (κ1) is 31.9. The van der Waals surface area contributed by atoms with Gasteiger partial charge in [-0.3, -0.25) is 0 Å². The van der Waals surface area contributed by atoms with Crippen molar-refractivity contribution in [2.45, 2.75) is 76.5 Å². The highest BCUT2D eigenvalue weighted by Gasteiger charge is 2.41. The van der Waals surface area contributed by atoms with Gasteiger partial charge in [-0.05, 0) is 99.6 Å². The van der Waals surface area contributed by atoms with Gasteiger partial charge in [-0.25, -0.2) is 9.97 Å². The summed E-state index contributed by atoms with van der Waals surface area (Å²) < 4.78 is 0. The van der Waals surface area contributed by atoms with Crippen LogP contribution < -0.4 is 0 Å². The lowest BCUT2D eigenvalue weighted by Gasteiger charge is -2.45. The molecule has 2 nitrogen and oxygen atoms in total. The van der Waals surface area contributed by atoms with Crippen LogP contribution in [0.1, 0.15) is 85.8 Å². The van der Waals surface area contributed by atoms with E-state index in [2.05, 4.69) is 168 Å². The molecule has 0 saturated heterocycles. The Balaban J connectivity index is 1.16. The Morgan fingerprint density at radius 2 is 1.25 bits per heavy atom. The van der Waals surface area contributed by atoms with Gasteiger partial charge in [-0.2, -0.15) is 0 Å². The maximum absolute atomic E-state index is 5.35. The van der Waals surface area contributed by atoms with E-state index in [4.69, 9.17) is 9.97 Å². The van der Waals surface area contributed by atoms with Crippen molar-refractivity contribution in [3.8, 4) is 33.9 Å². The van der Waals surface area contributed by atoms with Gasteiger partial charge in [0.05, 0.1) is 11.4 Å². The number of rotatable bonds is 4. The van der Waals surface area contributed by atoms with Gasteiger partial charge < -0.3 is 0 Å². The molecule has 0 spiro atoms. The summed E-state index contributed by atoms with van der Waals surface area (Å²) in [5.74, 6) is 1.91. The molecule has 1 aromatic heterocycles. The molecule has 0 bridgehead atoms. The van der Waals surface area contributed by atoms with E-state index in [1.165, 1.54) is 40.3 Å². The van der Waals surface area contributed by atoms with Crippen molar-refractivity contribution in [2.75, 3.05) is 0 Å². The third-order valence-electron chi connectivity index (χ3n) is 12.3. The van der Waals surface area contributed by atoms with Crippen LogP contribution in [0.2, 0.25) is 0 Å². The third kappa shape index (κ3) is 5.48. The highest BCUT2D eigenvalue weighted by molar-refractivity contribution is 5.88. The van der Waals surface area contributed by atoms with Gasteiger partial charge in [0.25, 0.3) is 0 Å². The van der Waals surface area contributed by atoms with E-state index in [0.29, 0.717) is 17.8 Å². The van der Waals surface area contributed by atoms with Crippen molar-refractivity contribution in [1.82, 2.24) is 9.97 Å². The van der Waals surface area contributed by atoms with Crippen molar-refractivity contribution in [3.63, 3.8) is 0 Å². The zero-order valence-electron chi connectivity index (χ0n) is 30.4. The second-order valence-electron chi connectivity index (χ2n) is 16.5. The third-order valence-corrected chi connectivity index (χ3v) is 12.3. The minimum Gasteiger partial charge on any atom is -0.228 e. The van der Waals surface area contributed by atoms with Crippen LogP contribution in [0.25, 0.3) is 44.7 Å². The van der Waals surface area contributed by atoms with Crippen molar-refractivity contribution in [2.24, 2.45) is 5.92 Å². The fourth-order valence-corrected chi connectivity index (χ4v) is 9.24. The first-order valence-electron chi connectivity index (χ1n) is 18.7. The Morgan fingerprint density at radius 1 is 0.588 bits per heavy atom. The van der Waals surface area contributed by atoms with E-state index in [9.17, 15) is 0 Å². The lowest BCUT2D eigenvalue weighted by atomic mass is 9.59. The molecule has 0 saturated carbocycles. The van der Waals surface area contributed by atoms with Crippen LogP contribution in [-0.4, -0.2) is 9.97 Å². The van der Waals surface area contributed by atoms with Gasteiger partial charge in [-0.15, -0.1) is 0 Å². The van der Waals surface area contributed by atoms with E-state index >= 15 is 0 Å². The monoisotopic (exact) mass is 662 g/mol. The molecule has 9 rings (SSSR count). The Hall–Kier alpha value is -5.08. The predicted molar refractivity (Wildman–Crippen MR) is 213 cm³/mol. The fraction of sp³-hybridized carbons (Fsp3) is 0.265. The topological polar surface area (TPSA) is 25.8 Å². The molecule has 3 atom stereocenters. The number of fused-ring (bicyclic) bond motifs is 5. The van der Waals surface area contributed by atoms with Crippen LogP contribution in [0.5, 0.6) is 0 Å². The highest BCUT2D eigenvalue weighted by atomic mass is 14.9. The van der Waals surface area contributed by atoms with Crippen molar-refractivity contribution < 1.29 is 0 Å². The summed E-state index contributed by atoms with van der Waals surface area (Å²) in [4.78, 5) is 10.7. The van der Waals surface area contributed by atoms with E-state index in [0.717, 1.165) is 45.9 Å². The minimum absolute atomic E-state index is 0.191. The van der Waals surface area contributed by atoms with E-state index in [1.807, 2.05) is 0 Å². The van der Waals surface area contributed by atoms with Gasteiger partial charge in [0, 0.05) is 28.2 Å². The van der Waals surface area contributed by atoms with Crippen LogP contribution in [0.15, 0.2) is 133 Å². The molecular formula is C49H46N2. The van der Waals surface area contributed by atoms with Gasteiger partial charge in [0.1, 0.15) is 0 Å². The van der Waals surface area contributed by atoms with Crippen molar-refractivity contribution >= 4 is 10.8 Å². The average molecular weight is 663 g/mol. The lowest BCUT2D eigenvalue weighted by molar-refractivity contribution is 0.329. The first-order chi connectivity index (χ1) is 24.7. The summed E-state index contributed by atoms with van der Waals surface area (Å²) >= 11 is 0. The zero-order chi connectivity index (χ0) is 34.9. The molecule has 5 aromatic carbocycles. The molecule has 0 N–H and O–H groups in total. The Bertz CT molecular complexity index is 2370. The maximum Gasteiger partial charge on any atom is 0.160 e. The number of hydrogen-bond donors (Lipinski definition) is 0. The van der Waals surface area contributed by atoms with Crippen molar-refractivity contribution in [3.05, 3.63) is 167 Å².